The molecule has 154 valence electrons. The maximum atomic E-state index is 12.1. The topological polar surface area (TPSA) is 100 Å². The van der Waals surface area contributed by atoms with Crippen LogP contribution in [0.1, 0.15) is 28.9 Å². The van der Waals surface area contributed by atoms with E-state index in [1.165, 1.54) is 7.11 Å². The molecule has 0 aliphatic heterocycles. The van der Waals surface area contributed by atoms with E-state index in [9.17, 15) is 14.4 Å². The lowest BCUT2D eigenvalue weighted by molar-refractivity contribution is -0.150. The number of nitrogens with one attached hydrogen (secondary N) is 1. The number of aldehydes is 1. The smallest absolute Gasteiger partial charge is 0.344 e. The SMILES string of the molecule is COc1ccc(OC)c([C@H](C)NC(=O)COC(=O)COc2ccc(C=O)cc2)c1. The fraction of sp³-hybridized carbons (Fsp3) is 0.286. The van der Waals surface area contributed by atoms with E-state index < -0.39 is 18.5 Å². The van der Waals surface area contributed by atoms with E-state index >= 15 is 0 Å². The minimum absolute atomic E-state index is 0.354. The van der Waals surface area contributed by atoms with Gasteiger partial charge in [-0.1, -0.05) is 0 Å². The van der Waals surface area contributed by atoms with Gasteiger partial charge in [-0.15, -0.1) is 0 Å². The summed E-state index contributed by atoms with van der Waals surface area (Å²) in [7, 11) is 3.08. The molecule has 0 radical (unpaired) electrons. The summed E-state index contributed by atoms with van der Waals surface area (Å²) in [6.45, 7) is 0.985. The first-order valence-electron chi connectivity index (χ1n) is 8.81. The second-order valence-electron chi connectivity index (χ2n) is 6.03. The minimum atomic E-state index is -0.689. The largest absolute Gasteiger partial charge is 0.497 e. The summed E-state index contributed by atoms with van der Waals surface area (Å²) in [5.74, 6) is 0.490. The molecule has 1 amide bonds. The third kappa shape index (κ3) is 6.53. The van der Waals surface area contributed by atoms with E-state index in [0.717, 1.165) is 5.56 Å². The molecule has 0 saturated carbocycles. The molecule has 2 aromatic rings. The summed E-state index contributed by atoms with van der Waals surface area (Å²) in [5, 5.41) is 2.74. The molecule has 2 rings (SSSR count). The van der Waals surface area contributed by atoms with Crippen LogP contribution in [0.5, 0.6) is 17.2 Å². The van der Waals surface area contributed by atoms with Gasteiger partial charge in [0.2, 0.25) is 0 Å². The Balaban J connectivity index is 1.81. The fourth-order valence-corrected chi connectivity index (χ4v) is 2.51. The van der Waals surface area contributed by atoms with Crippen molar-refractivity contribution in [3.05, 3.63) is 53.6 Å². The molecule has 0 unspecified atom stereocenters. The van der Waals surface area contributed by atoms with E-state index in [1.54, 1.807) is 56.5 Å². The van der Waals surface area contributed by atoms with Crippen LogP contribution >= 0.6 is 0 Å². The van der Waals surface area contributed by atoms with Gasteiger partial charge < -0.3 is 24.3 Å². The first-order chi connectivity index (χ1) is 14.0. The van der Waals surface area contributed by atoms with Crippen molar-refractivity contribution in [2.24, 2.45) is 0 Å². The summed E-state index contributed by atoms with van der Waals surface area (Å²) < 4.78 is 20.7. The number of hydrogen-bond donors (Lipinski definition) is 1. The van der Waals surface area contributed by atoms with E-state index in [-0.39, 0.29) is 12.6 Å². The van der Waals surface area contributed by atoms with Crippen LogP contribution in [0.2, 0.25) is 0 Å². The van der Waals surface area contributed by atoms with Gasteiger partial charge in [-0.25, -0.2) is 4.79 Å². The molecule has 8 heteroatoms. The van der Waals surface area contributed by atoms with Gasteiger partial charge in [-0.2, -0.15) is 0 Å². The van der Waals surface area contributed by atoms with Crippen molar-refractivity contribution in [2.75, 3.05) is 27.4 Å². The van der Waals surface area contributed by atoms with Crippen molar-refractivity contribution >= 4 is 18.2 Å². The number of rotatable bonds is 10. The number of methoxy groups -OCH3 is 2. The second-order valence-corrected chi connectivity index (χ2v) is 6.03. The average molecular weight is 401 g/mol. The summed E-state index contributed by atoms with van der Waals surface area (Å²) in [6.07, 6.45) is 0.707. The third-order valence-electron chi connectivity index (χ3n) is 4.02. The van der Waals surface area contributed by atoms with Crippen molar-refractivity contribution in [1.29, 1.82) is 0 Å². The molecular weight excluding hydrogens is 378 g/mol. The van der Waals surface area contributed by atoms with E-state index in [0.29, 0.717) is 29.1 Å². The highest BCUT2D eigenvalue weighted by Crippen LogP contribution is 2.29. The van der Waals surface area contributed by atoms with E-state index in [1.807, 2.05) is 0 Å². The highest BCUT2D eigenvalue weighted by molar-refractivity contribution is 5.81. The van der Waals surface area contributed by atoms with Gasteiger partial charge in [0, 0.05) is 11.1 Å². The number of hydrogen-bond acceptors (Lipinski definition) is 7. The van der Waals surface area contributed by atoms with Crippen LogP contribution in [0.15, 0.2) is 42.5 Å². The maximum absolute atomic E-state index is 12.1. The van der Waals surface area contributed by atoms with Gasteiger partial charge in [0.1, 0.15) is 23.5 Å². The van der Waals surface area contributed by atoms with E-state index in [2.05, 4.69) is 5.32 Å². The van der Waals surface area contributed by atoms with Gasteiger partial charge in [0.15, 0.2) is 13.2 Å². The Kier molecular flexibility index (Phi) is 8.02. The number of ether oxygens (including phenoxy) is 4. The molecule has 8 nitrogen and oxygen atoms in total. The Hall–Kier alpha value is -3.55. The number of carbonyl (C=O) groups excluding carboxylic acids is 3. The van der Waals surface area contributed by atoms with Crippen LogP contribution in [0, 0.1) is 0 Å². The van der Waals surface area contributed by atoms with Gasteiger partial charge in [0.05, 0.1) is 20.3 Å². The molecule has 1 N–H and O–H groups in total. The second kappa shape index (κ2) is 10.7. The summed E-state index contributed by atoms with van der Waals surface area (Å²) in [5.41, 5.74) is 1.23. The lowest BCUT2D eigenvalue weighted by Crippen LogP contribution is -2.32. The predicted molar refractivity (Wildman–Crippen MR) is 104 cm³/mol. The summed E-state index contributed by atoms with van der Waals surface area (Å²) in [6, 6.07) is 11.1. The molecule has 29 heavy (non-hydrogen) atoms. The van der Waals surface area contributed by atoms with Crippen LogP contribution in [0.3, 0.4) is 0 Å². The molecule has 2 aromatic carbocycles. The van der Waals surface area contributed by atoms with Gasteiger partial charge in [0.25, 0.3) is 5.91 Å². The van der Waals surface area contributed by atoms with Crippen molar-refractivity contribution in [3.8, 4) is 17.2 Å². The van der Waals surface area contributed by atoms with Crippen LogP contribution in [-0.2, 0) is 14.3 Å². The lowest BCUT2D eigenvalue weighted by atomic mass is 10.1. The average Bonchev–Trinajstić information content (AvgIpc) is 2.75. The Morgan fingerprint density at radius 2 is 1.69 bits per heavy atom. The van der Waals surface area contributed by atoms with Crippen LogP contribution in [-0.4, -0.2) is 45.6 Å². The predicted octanol–water partition coefficient (Wildman–Crippen LogP) is 2.32. The molecule has 0 spiro atoms. The highest BCUT2D eigenvalue weighted by Gasteiger charge is 2.16. The number of esters is 1. The summed E-state index contributed by atoms with van der Waals surface area (Å²) in [4.78, 5) is 34.5. The molecule has 0 fully saturated rings. The Bertz CT molecular complexity index is 849. The standard InChI is InChI=1S/C21H23NO7/c1-14(18-10-17(26-2)8-9-19(18)27-3)22-20(24)12-29-21(25)13-28-16-6-4-15(11-23)5-7-16/h4-11,14H,12-13H2,1-3H3,(H,22,24)/t14-/m0/s1. The number of amides is 1. The Morgan fingerprint density at radius 1 is 1.00 bits per heavy atom. The maximum Gasteiger partial charge on any atom is 0.344 e. The molecule has 1 atom stereocenters. The number of carbonyl (C=O) groups is 3. The van der Waals surface area contributed by atoms with Crippen molar-refractivity contribution in [2.45, 2.75) is 13.0 Å². The Labute approximate surface area is 168 Å². The molecule has 0 aliphatic rings. The van der Waals surface area contributed by atoms with Crippen LogP contribution < -0.4 is 19.5 Å². The molecule has 0 heterocycles. The molecule has 0 saturated heterocycles. The lowest BCUT2D eigenvalue weighted by Gasteiger charge is -2.18. The molecule has 0 aromatic heterocycles. The zero-order chi connectivity index (χ0) is 21.2. The van der Waals surface area contributed by atoms with Crippen LogP contribution in [0.25, 0.3) is 0 Å². The van der Waals surface area contributed by atoms with Crippen molar-refractivity contribution in [3.63, 3.8) is 0 Å². The molecule has 0 bridgehead atoms. The normalized spacial score (nSPS) is 11.1. The van der Waals surface area contributed by atoms with Gasteiger partial charge in [-0.05, 0) is 49.4 Å². The highest BCUT2D eigenvalue weighted by atomic mass is 16.6. The van der Waals surface area contributed by atoms with Gasteiger partial charge in [-0.3, -0.25) is 9.59 Å². The first kappa shape index (κ1) is 21.7. The zero-order valence-corrected chi connectivity index (χ0v) is 16.5. The first-order valence-corrected chi connectivity index (χ1v) is 8.81. The monoisotopic (exact) mass is 401 g/mol. The minimum Gasteiger partial charge on any atom is -0.497 e. The van der Waals surface area contributed by atoms with Crippen molar-refractivity contribution < 1.29 is 33.3 Å². The van der Waals surface area contributed by atoms with Crippen molar-refractivity contribution in [1.82, 2.24) is 5.32 Å². The van der Waals surface area contributed by atoms with E-state index in [4.69, 9.17) is 18.9 Å². The third-order valence-corrected chi connectivity index (χ3v) is 4.02. The van der Waals surface area contributed by atoms with Gasteiger partial charge >= 0.3 is 5.97 Å². The molecule has 0 aliphatic carbocycles. The van der Waals surface area contributed by atoms with Crippen LogP contribution in [0.4, 0.5) is 0 Å². The zero-order valence-electron chi connectivity index (χ0n) is 16.5. The quantitative estimate of drug-likeness (QED) is 0.482. The Morgan fingerprint density at radius 3 is 2.31 bits per heavy atom. The fourth-order valence-electron chi connectivity index (χ4n) is 2.51. The number of benzene rings is 2. The summed E-state index contributed by atoms with van der Waals surface area (Å²) >= 11 is 0. The molecular formula is C21H23NO7.